The fourth-order valence-electron chi connectivity index (χ4n) is 3.74. The summed E-state index contributed by atoms with van der Waals surface area (Å²) in [5, 5.41) is 15.2. The van der Waals surface area contributed by atoms with Crippen LogP contribution in [0, 0.1) is 0 Å². The van der Waals surface area contributed by atoms with Gasteiger partial charge in [-0.2, -0.15) is 11.3 Å². The number of amides is 1. The van der Waals surface area contributed by atoms with Crippen LogP contribution < -0.4 is 0 Å². The zero-order valence-corrected chi connectivity index (χ0v) is 16.3. The van der Waals surface area contributed by atoms with Gasteiger partial charge in [0.05, 0.1) is 0 Å². The molecule has 0 spiro atoms. The van der Waals surface area contributed by atoms with E-state index in [0.29, 0.717) is 19.5 Å². The second kappa shape index (κ2) is 8.80. The highest BCUT2D eigenvalue weighted by Gasteiger charge is 2.42. The molecule has 1 atom stereocenters. The van der Waals surface area contributed by atoms with Crippen molar-refractivity contribution in [2.24, 2.45) is 0 Å². The average molecular weight is 373 g/mol. The van der Waals surface area contributed by atoms with Crippen LogP contribution in [0.4, 0.5) is 0 Å². The van der Waals surface area contributed by atoms with Crippen molar-refractivity contribution in [2.75, 3.05) is 26.7 Å². The Morgan fingerprint density at radius 2 is 2.04 bits per heavy atom. The molecule has 2 aromatic rings. The highest BCUT2D eigenvalue weighted by atomic mass is 32.1. The van der Waals surface area contributed by atoms with E-state index in [-0.39, 0.29) is 5.91 Å². The fraction of sp³-hybridized carbons (Fsp3) is 0.476. The molecular weight excluding hydrogens is 344 g/mol. The lowest BCUT2D eigenvalue weighted by Gasteiger charge is -2.40. The van der Waals surface area contributed by atoms with E-state index in [1.165, 1.54) is 11.1 Å². The molecule has 1 aromatic carbocycles. The zero-order chi connectivity index (χ0) is 18.4. The van der Waals surface area contributed by atoms with Crippen LogP contribution in [0.1, 0.15) is 30.4 Å². The standard InChI is InChI=1S/C21H28N2O2S/c1-22(15-19-10-14-26-16-19)17-21(25)11-6-13-23(20(21)24)12-5-9-18-7-3-2-4-8-18/h2-4,7-8,10,14,16,25H,5-6,9,11-13,15,17H2,1H3/t21-/m0/s1. The lowest BCUT2D eigenvalue weighted by molar-refractivity contribution is -0.159. The van der Waals surface area contributed by atoms with E-state index in [1.807, 2.05) is 35.0 Å². The van der Waals surface area contributed by atoms with Crippen molar-refractivity contribution in [1.29, 1.82) is 0 Å². The van der Waals surface area contributed by atoms with Crippen molar-refractivity contribution in [3.05, 3.63) is 58.3 Å². The number of hydrogen-bond acceptors (Lipinski definition) is 4. The molecule has 1 saturated heterocycles. The summed E-state index contributed by atoms with van der Waals surface area (Å²) in [6.45, 7) is 2.61. The quantitative estimate of drug-likeness (QED) is 0.774. The molecule has 4 nitrogen and oxygen atoms in total. The van der Waals surface area contributed by atoms with E-state index in [9.17, 15) is 9.90 Å². The Morgan fingerprint density at radius 3 is 2.77 bits per heavy atom. The number of aliphatic hydroxyl groups is 1. The third-order valence-electron chi connectivity index (χ3n) is 5.00. The summed E-state index contributed by atoms with van der Waals surface area (Å²) < 4.78 is 0. The number of likely N-dealkylation sites (tertiary alicyclic amines) is 1. The molecule has 140 valence electrons. The highest BCUT2D eigenvalue weighted by molar-refractivity contribution is 7.07. The van der Waals surface area contributed by atoms with Gasteiger partial charge < -0.3 is 10.0 Å². The van der Waals surface area contributed by atoms with Crippen molar-refractivity contribution in [1.82, 2.24) is 9.80 Å². The van der Waals surface area contributed by atoms with Gasteiger partial charge in [-0.05, 0) is 60.7 Å². The van der Waals surface area contributed by atoms with Crippen LogP contribution in [-0.4, -0.2) is 53.1 Å². The maximum atomic E-state index is 12.9. The van der Waals surface area contributed by atoms with Crippen molar-refractivity contribution in [2.45, 2.75) is 37.8 Å². The van der Waals surface area contributed by atoms with Gasteiger partial charge in [-0.1, -0.05) is 30.3 Å². The predicted octanol–water partition coefficient (Wildman–Crippen LogP) is 3.17. The third-order valence-corrected chi connectivity index (χ3v) is 5.74. The molecule has 0 saturated carbocycles. The number of carbonyl (C=O) groups excluding carboxylic acids is 1. The van der Waals surface area contributed by atoms with Crippen LogP contribution in [-0.2, 0) is 17.8 Å². The maximum absolute atomic E-state index is 12.9. The monoisotopic (exact) mass is 372 g/mol. The first kappa shape index (κ1) is 19.1. The average Bonchev–Trinajstić information content (AvgIpc) is 3.12. The van der Waals surface area contributed by atoms with Gasteiger partial charge in [-0.15, -0.1) is 0 Å². The summed E-state index contributed by atoms with van der Waals surface area (Å²) in [4.78, 5) is 16.8. The minimum atomic E-state index is -1.25. The molecule has 0 radical (unpaired) electrons. The Bertz CT molecular complexity index is 689. The predicted molar refractivity (Wildman–Crippen MR) is 106 cm³/mol. The van der Waals surface area contributed by atoms with Gasteiger partial charge in [0.1, 0.15) is 0 Å². The summed E-state index contributed by atoms with van der Waals surface area (Å²) >= 11 is 1.67. The molecule has 0 aliphatic carbocycles. The van der Waals surface area contributed by atoms with Crippen molar-refractivity contribution >= 4 is 17.2 Å². The van der Waals surface area contributed by atoms with Gasteiger partial charge in [0.15, 0.2) is 5.60 Å². The van der Waals surface area contributed by atoms with E-state index in [1.54, 1.807) is 11.3 Å². The molecular formula is C21H28N2O2S. The van der Waals surface area contributed by atoms with E-state index in [4.69, 9.17) is 0 Å². The summed E-state index contributed by atoms with van der Waals surface area (Å²) in [6, 6.07) is 12.4. The van der Waals surface area contributed by atoms with Crippen molar-refractivity contribution in [3.8, 4) is 0 Å². The van der Waals surface area contributed by atoms with Crippen LogP contribution in [0.3, 0.4) is 0 Å². The number of likely N-dealkylation sites (N-methyl/N-ethyl adjacent to an activating group) is 1. The molecule has 1 aromatic heterocycles. The van der Waals surface area contributed by atoms with Crippen molar-refractivity contribution in [3.63, 3.8) is 0 Å². The SMILES string of the molecule is CN(Cc1ccsc1)C[C@@]1(O)CCCN(CCCc2ccccc2)C1=O. The van der Waals surface area contributed by atoms with Gasteiger partial charge in [0.25, 0.3) is 5.91 Å². The summed E-state index contributed by atoms with van der Waals surface area (Å²) in [7, 11) is 1.97. The number of hydrogen-bond donors (Lipinski definition) is 1. The van der Waals surface area contributed by atoms with E-state index in [0.717, 1.165) is 32.4 Å². The minimum absolute atomic E-state index is 0.103. The number of thiophene rings is 1. The first-order chi connectivity index (χ1) is 12.6. The minimum Gasteiger partial charge on any atom is -0.379 e. The van der Waals surface area contributed by atoms with E-state index >= 15 is 0 Å². The Morgan fingerprint density at radius 1 is 1.23 bits per heavy atom. The Hall–Kier alpha value is -1.69. The molecule has 1 N–H and O–H groups in total. The summed E-state index contributed by atoms with van der Waals surface area (Å²) in [6.07, 6.45) is 3.30. The number of piperidine rings is 1. The maximum Gasteiger partial charge on any atom is 0.255 e. The Kier molecular flexibility index (Phi) is 6.46. The molecule has 0 unspecified atom stereocenters. The smallest absolute Gasteiger partial charge is 0.255 e. The number of carbonyl (C=O) groups is 1. The number of nitrogens with zero attached hydrogens (tertiary/aromatic N) is 2. The van der Waals surface area contributed by atoms with Gasteiger partial charge in [0, 0.05) is 26.2 Å². The lowest BCUT2D eigenvalue weighted by Crippen LogP contribution is -2.58. The number of rotatable bonds is 8. The van der Waals surface area contributed by atoms with Crippen molar-refractivity contribution < 1.29 is 9.90 Å². The molecule has 1 amide bonds. The highest BCUT2D eigenvalue weighted by Crippen LogP contribution is 2.25. The second-order valence-corrected chi connectivity index (χ2v) is 8.10. The zero-order valence-electron chi connectivity index (χ0n) is 15.4. The van der Waals surface area contributed by atoms with Gasteiger partial charge in [-0.3, -0.25) is 9.69 Å². The molecule has 5 heteroatoms. The van der Waals surface area contributed by atoms with Crippen LogP contribution >= 0.6 is 11.3 Å². The van der Waals surface area contributed by atoms with Crippen LogP contribution in [0.15, 0.2) is 47.2 Å². The molecule has 3 rings (SSSR count). The second-order valence-electron chi connectivity index (χ2n) is 7.32. The van der Waals surface area contributed by atoms with Gasteiger partial charge >= 0.3 is 0 Å². The number of benzene rings is 1. The Balaban J connectivity index is 1.52. The van der Waals surface area contributed by atoms with Crippen LogP contribution in [0.25, 0.3) is 0 Å². The van der Waals surface area contributed by atoms with Crippen LogP contribution in [0.5, 0.6) is 0 Å². The van der Waals surface area contributed by atoms with Crippen LogP contribution in [0.2, 0.25) is 0 Å². The first-order valence-electron chi connectivity index (χ1n) is 9.32. The molecule has 1 fully saturated rings. The normalized spacial score (nSPS) is 20.7. The first-order valence-corrected chi connectivity index (χ1v) is 10.3. The lowest BCUT2D eigenvalue weighted by atomic mass is 9.90. The molecule has 2 heterocycles. The fourth-order valence-corrected chi connectivity index (χ4v) is 4.40. The molecule has 0 bridgehead atoms. The molecule has 26 heavy (non-hydrogen) atoms. The Labute approximate surface area is 160 Å². The molecule has 1 aliphatic heterocycles. The third kappa shape index (κ3) is 4.93. The summed E-state index contributed by atoms with van der Waals surface area (Å²) in [5.41, 5.74) is 1.27. The van der Waals surface area contributed by atoms with Gasteiger partial charge in [0.2, 0.25) is 0 Å². The van der Waals surface area contributed by atoms with Gasteiger partial charge in [-0.25, -0.2) is 0 Å². The summed E-state index contributed by atoms with van der Waals surface area (Å²) in [5.74, 6) is -0.103. The van der Waals surface area contributed by atoms with E-state index < -0.39 is 5.60 Å². The largest absolute Gasteiger partial charge is 0.379 e. The number of aryl methyl sites for hydroxylation is 1. The van der Waals surface area contributed by atoms with E-state index in [2.05, 4.69) is 29.0 Å². The molecule has 1 aliphatic rings. The topological polar surface area (TPSA) is 43.8 Å².